The average Bonchev–Trinajstić information content (AvgIpc) is 3.32. The SMILES string of the molecule is O=C(NCCC(=O)OCc1nc(-c2cccs2)no1)Nc1ccccc1. The van der Waals surface area contributed by atoms with Crippen molar-refractivity contribution >= 4 is 29.0 Å². The molecule has 0 saturated carbocycles. The number of aromatic nitrogens is 2. The van der Waals surface area contributed by atoms with E-state index >= 15 is 0 Å². The number of nitrogens with zero attached hydrogens (tertiary/aromatic N) is 2. The molecule has 3 rings (SSSR count). The summed E-state index contributed by atoms with van der Waals surface area (Å²) in [6.07, 6.45) is 0.0358. The van der Waals surface area contributed by atoms with E-state index in [9.17, 15) is 9.59 Å². The number of hydrogen-bond acceptors (Lipinski definition) is 7. The van der Waals surface area contributed by atoms with E-state index in [-0.39, 0.29) is 31.5 Å². The average molecular weight is 372 g/mol. The van der Waals surface area contributed by atoms with Crippen LogP contribution in [0.5, 0.6) is 0 Å². The number of carbonyl (C=O) groups excluding carboxylic acids is 2. The summed E-state index contributed by atoms with van der Waals surface area (Å²) < 4.78 is 10.1. The number of para-hydroxylation sites is 1. The van der Waals surface area contributed by atoms with Gasteiger partial charge in [-0.3, -0.25) is 4.79 Å². The number of amides is 2. The smallest absolute Gasteiger partial charge is 0.319 e. The van der Waals surface area contributed by atoms with Crippen LogP contribution in [-0.4, -0.2) is 28.7 Å². The molecule has 0 fully saturated rings. The highest BCUT2D eigenvalue weighted by molar-refractivity contribution is 7.13. The van der Waals surface area contributed by atoms with Gasteiger partial charge in [0.2, 0.25) is 5.82 Å². The minimum absolute atomic E-state index is 0.0358. The van der Waals surface area contributed by atoms with Crippen LogP contribution in [-0.2, 0) is 16.1 Å². The number of urea groups is 1. The maximum Gasteiger partial charge on any atom is 0.319 e. The van der Waals surface area contributed by atoms with Gasteiger partial charge in [-0.2, -0.15) is 4.98 Å². The van der Waals surface area contributed by atoms with Gasteiger partial charge in [-0.05, 0) is 23.6 Å². The molecule has 1 aromatic carbocycles. The fourth-order valence-electron chi connectivity index (χ4n) is 2.01. The zero-order chi connectivity index (χ0) is 18.2. The summed E-state index contributed by atoms with van der Waals surface area (Å²) in [4.78, 5) is 28.4. The zero-order valence-electron chi connectivity index (χ0n) is 13.7. The molecule has 0 aliphatic carbocycles. The summed E-state index contributed by atoms with van der Waals surface area (Å²) in [5.74, 6) is 0.211. The number of rotatable bonds is 7. The molecule has 2 amide bonds. The summed E-state index contributed by atoms with van der Waals surface area (Å²) in [6, 6.07) is 12.4. The van der Waals surface area contributed by atoms with Gasteiger partial charge in [0, 0.05) is 12.2 Å². The first kappa shape index (κ1) is 17.6. The monoisotopic (exact) mass is 372 g/mol. The molecule has 0 aliphatic heterocycles. The van der Waals surface area contributed by atoms with Crippen molar-refractivity contribution in [3.63, 3.8) is 0 Å². The Morgan fingerprint density at radius 1 is 1.15 bits per heavy atom. The first-order chi connectivity index (χ1) is 12.7. The predicted molar refractivity (Wildman–Crippen MR) is 95.5 cm³/mol. The molecule has 0 bridgehead atoms. The fourth-order valence-corrected chi connectivity index (χ4v) is 2.66. The normalized spacial score (nSPS) is 10.3. The highest BCUT2D eigenvalue weighted by Crippen LogP contribution is 2.21. The van der Waals surface area contributed by atoms with Crippen LogP contribution in [0.3, 0.4) is 0 Å². The Kier molecular flexibility index (Phi) is 5.94. The first-order valence-corrected chi connectivity index (χ1v) is 8.70. The number of benzene rings is 1. The van der Waals surface area contributed by atoms with Crippen LogP contribution in [0.2, 0.25) is 0 Å². The van der Waals surface area contributed by atoms with Gasteiger partial charge in [-0.15, -0.1) is 11.3 Å². The molecule has 9 heteroatoms. The first-order valence-electron chi connectivity index (χ1n) is 7.83. The van der Waals surface area contributed by atoms with Crippen LogP contribution in [0.1, 0.15) is 12.3 Å². The molecule has 8 nitrogen and oxygen atoms in total. The van der Waals surface area contributed by atoms with E-state index < -0.39 is 5.97 Å². The molecule has 0 unspecified atom stereocenters. The maximum absolute atomic E-state index is 11.7. The van der Waals surface area contributed by atoms with Crippen LogP contribution >= 0.6 is 11.3 Å². The Balaban J connectivity index is 1.35. The lowest BCUT2D eigenvalue weighted by atomic mass is 10.3. The maximum atomic E-state index is 11.7. The number of anilines is 1. The number of ether oxygens (including phenoxy) is 1. The molecule has 0 atom stereocenters. The fraction of sp³-hybridized carbons (Fsp3) is 0.176. The Labute approximate surface area is 153 Å². The standard InChI is InChI=1S/C17H16N4O4S/c22-15(8-9-18-17(23)19-12-5-2-1-3-6-12)24-11-14-20-16(21-25-14)13-7-4-10-26-13/h1-7,10H,8-9,11H2,(H2,18,19,23). The molecule has 0 saturated heterocycles. The second-order valence-corrected chi connectivity index (χ2v) is 6.09. The lowest BCUT2D eigenvalue weighted by Gasteiger charge is -2.07. The molecule has 26 heavy (non-hydrogen) atoms. The third-order valence-electron chi connectivity index (χ3n) is 3.21. The summed E-state index contributed by atoms with van der Waals surface area (Å²) in [5.41, 5.74) is 0.672. The molecule has 0 radical (unpaired) electrons. The van der Waals surface area contributed by atoms with Gasteiger partial charge in [-0.25, -0.2) is 4.79 Å². The van der Waals surface area contributed by atoms with E-state index in [1.807, 2.05) is 35.7 Å². The number of thiophene rings is 1. The topological polar surface area (TPSA) is 106 Å². The predicted octanol–water partition coefficient (Wildman–Crippen LogP) is 3.05. The van der Waals surface area contributed by atoms with Crippen LogP contribution < -0.4 is 10.6 Å². The van der Waals surface area contributed by atoms with Gasteiger partial charge in [-0.1, -0.05) is 29.4 Å². The van der Waals surface area contributed by atoms with Gasteiger partial charge in [0.15, 0.2) is 6.61 Å². The Bertz CT molecular complexity index is 849. The second-order valence-electron chi connectivity index (χ2n) is 5.15. The lowest BCUT2D eigenvalue weighted by molar-refractivity contribution is -0.145. The zero-order valence-corrected chi connectivity index (χ0v) is 14.5. The van der Waals surface area contributed by atoms with Crippen molar-refractivity contribution in [2.24, 2.45) is 0 Å². The summed E-state index contributed by atoms with van der Waals surface area (Å²) in [7, 11) is 0. The number of esters is 1. The molecule has 134 valence electrons. The van der Waals surface area contributed by atoms with Crippen molar-refractivity contribution in [3.8, 4) is 10.7 Å². The van der Waals surface area contributed by atoms with Crippen LogP contribution in [0.25, 0.3) is 10.7 Å². The van der Waals surface area contributed by atoms with Crippen molar-refractivity contribution in [2.45, 2.75) is 13.0 Å². The van der Waals surface area contributed by atoms with E-state index in [0.717, 1.165) is 4.88 Å². The molecule has 0 aliphatic rings. The van der Waals surface area contributed by atoms with Crippen LogP contribution in [0.4, 0.5) is 10.5 Å². The van der Waals surface area contributed by atoms with Crippen molar-refractivity contribution in [1.82, 2.24) is 15.5 Å². The van der Waals surface area contributed by atoms with Gasteiger partial charge in [0.25, 0.3) is 5.89 Å². The van der Waals surface area contributed by atoms with Crippen LogP contribution in [0.15, 0.2) is 52.4 Å². The van der Waals surface area contributed by atoms with Crippen molar-refractivity contribution in [1.29, 1.82) is 0 Å². The highest BCUT2D eigenvalue weighted by Gasteiger charge is 2.12. The number of nitrogens with one attached hydrogen (secondary N) is 2. The molecule has 2 aromatic heterocycles. The quantitative estimate of drug-likeness (QED) is 0.618. The van der Waals surface area contributed by atoms with Crippen molar-refractivity contribution < 1.29 is 18.8 Å². The molecule has 3 aromatic rings. The summed E-state index contributed by atoms with van der Waals surface area (Å²) in [6.45, 7) is 0.0508. The van der Waals surface area contributed by atoms with E-state index in [1.54, 1.807) is 12.1 Å². The highest BCUT2D eigenvalue weighted by atomic mass is 32.1. The third-order valence-corrected chi connectivity index (χ3v) is 4.08. The van der Waals surface area contributed by atoms with Gasteiger partial charge >= 0.3 is 12.0 Å². The Hall–Kier alpha value is -3.20. The van der Waals surface area contributed by atoms with Crippen molar-refractivity contribution in [3.05, 3.63) is 53.7 Å². The van der Waals surface area contributed by atoms with Crippen molar-refractivity contribution in [2.75, 3.05) is 11.9 Å². The number of carbonyl (C=O) groups is 2. The Morgan fingerprint density at radius 2 is 2.00 bits per heavy atom. The van der Waals surface area contributed by atoms with Gasteiger partial charge in [0.05, 0.1) is 11.3 Å². The summed E-state index contributed by atoms with van der Waals surface area (Å²) in [5, 5.41) is 11.0. The minimum atomic E-state index is -0.471. The largest absolute Gasteiger partial charge is 0.456 e. The molecular formula is C17H16N4O4S. The molecule has 2 heterocycles. The van der Waals surface area contributed by atoms with Crippen LogP contribution in [0, 0.1) is 0 Å². The lowest BCUT2D eigenvalue weighted by Crippen LogP contribution is -2.30. The molecule has 0 spiro atoms. The van der Waals surface area contributed by atoms with E-state index in [1.165, 1.54) is 11.3 Å². The van der Waals surface area contributed by atoms with E-state index in [2.05, 4.69) is 20.8 Å². The minimum Gasteiger partial charge on any atom is -0.456 e. The van der Waals surface area contributed by atoms with E-state index in [4.69, 9.17) is 9.26 Å². The molecular weight excluding hydrogens is 356 g/mol. The second kappa shape index (κ2) is 8.77. The van der Waals surface area contributed by atoms with E-state index in [0.29, 0.717) is 11.5 Å². The molecule has 2 N–H and O–H groups in total. The third kappa shape index (κ3) is 5.15. The van der Waals surface area contributed by atoms with Gasteiger partial charge < -0.3 is 19.9 Å². The summed E-state index contributed by atoms with van der Waals surface area (Å²) >= 11 is 1.49. The van der Waals surface area contributed by atoms with Gasteiger partial charge in [0.1, 0.15) is 0 Å². The number of hydrogen-bond donors (Lipinski definition) is 2. The Morgan fingerprint density at radius 3 is 2.77 bits per heavy atom.